The quantitative estimate of drug-likeness (QED) is 0.654. The highest BCUT2D eigenvalue weighted by molar-refractivity contribution is 7.98. The van der Waals surface area contributed by atoms with Crippen LogP contribution in [0.5, 0.6) is 0 Å². The molecule has 3 heterocycles. The maximum atomic E-state index is 4.85. The normalized spacial score (nSPS) is 17.2. The molecule has 1 aliphatic heterocycles. The van der Waals surface area contributed by atoms with Crippen molar-refractivity contribution in [3.8, 4) is 0 Å². The summed E-state index contributed by atoms with van der Waals surface area (Å²) in [4.78, 5) is 11.6. The number of anilines is 1. The van der Waals surface area contributed by atoms with Gasteiger partial charge in [-0.3, -0.25) is 9.67 Å². The Hall–Kier alpha value is -2.34. The molecule has 3 aromatic rings. The highest BCUT2D eigenvalue weighted by Crippen LogP contribution is 2.35. The highest BCUT2D eigenvalue weighted by atomic mass is 32.2. The average molecular weight is 351 g/mol. The van der Waals surface area contributed by atoms with Gasteiger partial charge in [0.15, 0.2) is 0 Å². The summed E-state index contributed by atoms with van der Waals surface area (Å²) >= 11 is 1.73. The molecule has 128 valence electrons. The van der Waals surface area contributed by atoms with Crippen LogP contribution in [-0.2, 0) is 12.8 Å². The predicted molar refractivity (Wildman–Crippen MR) is 101 cm³/mol. The topological polar surface area (TPSA) is 46.8 Å². The molecule has 6 heteroatoms. The molecule has 0 amide bonds. The van der Waals surface area contributed by atoms with Crippen molar-refractivity contribution >= 4 is 17.6 Å². The number of hydrogen-bond donors (Lipinski definition) is 0. The molecule has 1 aromatic carbocycles. The number of thioether (sulfide) groups is 1. The molecule has 25 heavy (non-hydrogen) atoms. The molecule has 0 radical (unpaired) electrons. The molecule has 1 unspecified atom stereocenters. The SMILES string of the molecule is Cn1cc(C2CCCN2c2cncc(SCc3ccccc3)n2)cn1. The molecule has 0 aliphatic carbocycles. The van der Waals surface area contributed by atoms with Crippen molar-refractivity contribution in [3.05, 3.63) is 66.2 Å². The Labute approximate surface area is 152 Å². The first-order valence-electron chi connectivity index (χ1n) is 8.53. The lowest BCUT2D eigenvalue weighted by Crippen LogP contribution is -2.23. The molecule has 1 aliphatic rings. The van der Waals surface area contributed by atoms with E-state index < -0.39 is 0 Å². The van der Waals surface area contributed by atoms with Crippen molar-refractivity contribution in [1.82, 2.24) is 19.7 Å². The van der Waals surface area contributed by atoms with Crippen molar-refractivity contribution in [2.24, 2.45) is 7.05 Å². The smallest absolute Gasteiger partial charge is 0.148 e. The summed E-state index contributed by atoms with van der Waals surface area (Å²) in [6, 6.07) is 10.8. The Bertz CT molecular complexity index is 833. The van der Waals surface area contributed by atoms with Crippen LogP contribution in [0.2, 0.25) is 0 Å². The minimum Gasteiger partial charge on any atom is -0.348 e. The fourth-order valence-corrected chi connectivity index (χ4v) is 4.08. The van der Waals surface area contributed by atoms with Crippen molar-refractivity contribution in [3.63, 3.8) is 0 Å². The monoisotopic (exact) mass is 351 g/mol. The second-order valence-corrected chi connectivity index (χ2v) is 7.28. The van der Waals surface area contributed by atoms with Crippen molar-refractivity contribution in [1.29, 1.82) is 0 Å². The molecule has 4 rings (SSSR count). The number of hydrogen-bond acceptors (Lipinski definition) is 5. The molecule has 0 N–H and O–H groups in total. The summed E-state index contributed by atoms with van der Waals surface area (Å²) in [6.45, 7) is 1.01. The fourth-order valence-electron chi connectivity index (χ4n) is 3.28. The third-order valence-corrected chi connectivity index (χ3v) is 5.46. The van der Waals surface area contributed by atoms with Crippen LogP contribution in [0.4, 0.5) is 5.82 Å². The molecule has 1 saturated heterocycles. The largest absolute Gasteiger partial charge is 0.348 e. The van der Waals surface area contributed by atoms with Gasteiger partial charge in [0.1, 0.15) is 10.8 Å². The first-order chi connectivity index (χ1) is 12.3. The molecule has 0 saturated carbocycles. The van der Waals surface area contributed by atoms with E-state index in [-0.39, 0.29) is 0 Å². The van der Waals surface area contributed by atoms with Crippen LogP contribution in [-0.4, -0.2) is 26.3 Å². The zero-order valence-corrected chi connectivity index (χ0v) is 15.1. The maximum Gasteiger partial charge on any atom is 0.148 e. The van der Waals surface area contributed by atoms with Gasteiger partial charge in [0.25, 0.3) is 0 Å². The minimum absolute atomic E-state index is 0.345. The van der Waals surface area contributed by atoms with Gasteiger partial charge in [-0.25, -0.2) is 4.98 Å². The van der Waals surface area contributed by atoms with Gasteiger partial charge < -0.3 is 4.90 Å². The summed E-state index contributed by atoms with van der Waals surface area (Å²) in [7, 11) is 1.96. The van der Waals surface area contributed by atoms with Gasteiger partial charge in [0.05, 0.1) is 24.6 Å². The van der Waals surface area contributed by atoms with Crippen LogP contribution in [0.1, 0.15) is 30.0 Å². The van der Waals surface area contributed by atoms with Crippen molar-refractivity contribution in [2.45, 2.75) is 29.7 Å². The second-order valence-electron chi connectivity index (χ2n) is 6.29. The van der Waals surface area contributed by atoms with Gasteiger partial charge in [-0.2, -0.15) is 5.10 Å². The standard InChI is InChI=1S/C19H21N5S/c1-23-13-16(10-21-23)17-8-5-9-24(17)18-11-20-12-19(22-18)25-14-15-6-3-2-4-7-15/h2-4,6-7,10-13,17H,5,8-9,14H2,1H3. The first-order valence-corrected chi connectivity index (χ1v) is 9.52. The molecule has 1 fully saturated rings. The van der Waals surface area contributed by atoms with Crippen LogP contribution in [0, 0.1) is 0 Å². The molecular weight excluding hydrogens is 330 g/mol. The summed E-state index contributed by atoms with van der Waals surface area (Å²) in [5.74, 6) is 1.87. The Balaban J connectivity index is 1.50. The van der Waals surface area contributed by atoms with Crippen LogP contribution >= 0.6 is 11.8 Å². The predicted octanol–water partition coefficient (Wildman–Crippen LogP) is 3.84. The molecule has 2 aromatic heterocycles. The third-order valence-electron chi connectivity index (χ3n) is 4.49. The van der Waals surface area contributed by atoms with Gasteiger partial charge in [-0.15, -0.1) is 11.8 Å². The van der Waals surface area contributed by atoms with E-state index in [0.717, 1.165) is 29.6 Å². The molecule has 0 bridgehead atoms. The lowest BCUT2D eigenvalue weighted by molar-refractivity contribution is 0.703. The lowest BCUT2D eigenvalue weighted by Gasteiger charge is -2.24. The van der Waals surface area contributed by atoms with Gasteiger partial charge in [0, 0.05) is 31.1 Å². The van der Waals surface area contributed by atoms with E-state index in [1.54, 1.807) is 11.8 Å². The number of nitrogens with zero attached hydrogens (tertiary/aromatic N) is 5. The Morgan fingerprint density at radius 3 is 2.84 bits per heavy atom. The second kappa shape index (κ2) is 7.27. The van der Waals surface area contributed by atoms with Crippen LogP contribution in [0.3, 0.4) is 0 Å². The number of benzene rings is 1. The van der Waals surface area contributed by atoms with Gasteiger partial charge in [-0.1, -0.05) is 30.3 Å². The highest BCUT2D eigenvalue weighted by Gasteiger charge is 2.28. The summed E-state index contributed by atoms with van der Waals surface area (Å²) < 4.78 is 1.86. The van der Waals surface area contributed by atoms with E-state index in [0.29, 0.717) is 6.04 Å². The Morgan fingerprint density at radius 1 is 1.16 bits per heavy atom. The van der Waals surface area contributed by atoms with E-state index in [1.165, 1.54) is 17.5 Å². The van der Waals surface area contributed by atoms with Crippen LogP contribution in [0.25, 0.3) is 0 Å². The Morgan fingerprint density at radius 2 is 2.04 bits per heavy atom. The molecule has 5 nitrogen and oxygen atoms in total. The fraction of sp³-hybridized carbons (Fsp3) is 0.316. The summed E-state index contributed by atoms with van der Waals surface area (Å²) in [6.07, 6.45) is 10.1. The summed E-state index contributed by atoms with van der Waals surface area (Å²) in [5.41, 5.74) is 2.55. The van der Waals surface area contributed by atoms with Crippen molar-refractivity contribution < 1.29 is 0 Å². The number of rotatable bonds is 5. The van der Waals surface area contributed by atoms with E-state index >= 15 is 0 Å². The molecule has 1 atom stereocenters. The van der Waals surface area contributed by atoms with E-state index in [1.807, 2.05) is 36.4 Å². The zero-order chi connectivity index (χ0) is 17.1. The van der Waals surface area contributed by atoms with Crippen LogP contribution < -0.4 is 4.90 Å². The Kier molecular flexibility index (Phi) is 4.70. The first kappa shape index (κ1) is 16.1. The van der Waals surface area contributed by atoms with E-state index in [4.69, 9.17) is 4.98 Å². The average Bonchev–Trinajstić information content (AvgIpc) is 3.30. The number of aromatic nitrogens is 4. The van der Waals surface area contributed by atoms with Crippen LogP contribution in [0.15, 0.2) is 60.1 Å². The maximum absolute atomic E-state index is 4.85. The molecule has 0 spiro atoms. The number of aryl methyl sites for hydroxylation is 1. The van der Waals surface area contributed by atoms with Gasteiger partial charge >= 0.3 is 0 Å². The van der Waals surface area contributed by atoms with E-state index in [2.05, 4.69) is 45.4 Å². The van der Waals surface area contributed by atoms with E-state index in [9.17, 15) is 0 Å². The van der Waals surface area contributed by atoms with Crippen molar-refractivity contribution in [2.75, 3.05) is 11.4 Å². The van der Waals surface area contributed by atoms with Gasteiger partial charge in [0.2, 0.25) is 0 Å². The minimum atomic E-state index is 0.345. The summed E-state index contributed by atoms with van der Waals surface area (Å²) in [5, 5.41) is 5.29. The van der Waals surface area contributed by atoms with Gasteiger partial charge in [-0.05, 0) is 18.4 Å². The lowest BCUT2D eigenvalue weighted by atomic mass is 10.1. The zero-order valence-electron chi connectivity index (χ0n) is 14.2. The third kappa shape index (κ3) is 3.69. The molecular formula is C19H21N5S.